The second-order valence-electron chi connectivity index (χ2n) is 7.50. The summed E-state index contributed by atoms with van der Waals surface area (Å²) < 4.78 is 82.5. The molecule has 0 nitrogen and oxygen atoms in total. The van der Waals surface area contributed by atoms with Gasteiger partial charge in [-0.25, -0.2) is 0 Å². The molecule has 0 aliphatic heterocycles. The number of rotatable bonds is 1. The molecule has 6 heteroatoms. The maximum Gasteiger partial charge on any atom is 0.416 e. The quantitative estimate of drug-likeness (QED) is 0.426. The summed E-state index contributed by atoms with van der Waals surface area (Å²) in [4.78, 5) is 0. The minimum atomic E-state index is -4.59. The summed E-state index contributed by atoms with van der Waals surface area (Å²) in [7, 11) is 0. The van der Waals surface area contributed by atoms with E-state index in [1.54, 1.807) is 27.7 Å². The molecule has 0 fully saturated rings. The van der Waals surface area contributed by atoms with E-state index in [0.29, 0.717) is 22.3 Å². The minimum Gasteiger partial charge on any atom is -0.166 e. The Kier molecular flexibility index (Phi) is 5.43. The van der Waals surface area contributed by atoms with Crippen LogP contribution in [0.2, 0.25) is 0 Å². The highest BCUT2D eigenvalue weighted by Crippen LogP contribution is 2.47. The van der Waals surface area contributed by atoms with Gasteiger partial charge in [0, 0.05) is 0 Å². The molecule has 0 amide bonds. The summed E-state index contributed by atoms with van der Waals surface area (Å²) in [5.74, 6) is 0. The Hall–Kier alpha value is -1.98. The smallest absolute Gasteiger partial charge is 0.166 e. The normalized spacial score (nSPS) is 12.6. The molecule has 0 spiro atoms. The van der Waals surface area contributed by atoms with Crippen molar-refractivity contribution in [3.63, 3.8) is 0 Å². The lowest BCUT2D eigenvalue weighted by Gasteiger charge is -2.27. The van der Waals surface area contributed by atoms with Crippen molar-refractivity contribution in [2.75, 3.05) is 0 Å². The van der Waals surface area contributed by atoms with E-state index in [2.05, 4.69) is 0 Å². The summed E-state index contributed by atoms with van der Waals surface area (Å²) >= 11 is 0. The van der Waals surface area contributed by atoms with Gasteiger partial charge in [-0.2, -0.15) is 26.3 Å². The largest absolute Gasteiger partial charge is 0.416 e. The zero-order chi connectivity index (χ0) is 21.9. The summed E-state index contributed by atoms with van der Waals surface area (Å²) in [5, 5.41) is 0. The molecule has 0 heterocycles. The van der Waals surface area contributed by atoms with Crippen LogP contribution in [0.5, 0.6) is 0 Å². The molecule has 2 aromatic carbocycles. The van der Waals surface area contributed by atoms with E-state index in [1.807, 2.05) is 0 Å². The average Bonchev–Trinajstić information content (AvgIpc) is 2.51. The van der Waals surface area contributed by atoms with Gasteiger partial charge >= 0.3 is 12.4 Å². The lowest BCUT2D eigenvalue weighted by molar-refractivity contribution is -0.139. The van der Waals surface area contributed by atoms with Gasteiger partial charge in [0.2, 0.25) is 0 Å². The average molecular weight is 402 g/mol. The standard InChI is InChI=1S/C22H24F6/c1-9-11(3)17(15(7)19(13(9)5)21(23,24)25)18-12(4)10(2)14(6)20(16(18)8)22(26,27)28/h1-8H3. The molecular formula is C22H24F6. The Morgan fingerprint density at radius 2 is 0.607 bits per heavy atom. The fraction of sp³-hybridized carbons (Fsp3) is 0.455. The third-order valence-electron chi connectivity index (χ3n) is 6.07. The van der Waals surface area contributed by atoms with E-state index in [0.717, 1.165) is 0 Å². The fourth-order valence-electron chi connectivity index (χ4n) is 4.29. The zero-order valence-electron chi connectivity index (χ0n) is 17.3. The molecule has 2 rings (SSSR count). The van der Waals surface area contributed by atoms with Crippen molar-refractivity contribution >= 4 is 0 Å². The lowest BCUT2D eigenvalue weighted by Crippen LogP contribution is -2.16. The molecule has 0 aromatic heterocycles. The van der Waals surface area contributed by atoms with Gasteiger partial charge in [0.05, 0.1) is 11.1 Å². The van der Waals surface area contributed by atoms with E-state index in [4.69, 9.17) is 0 Å². The van der Waals surface area contributed by atoms with Crippen molar-refractivity contribution in [1.29, 1.82) is 0 Å². The van der Waals surface area contributed by atoms with Gasteiger partial charge in [-0.05, 0) is 111 Å². The van der Waals surface area contributed by atoms with Gasteiger partial charge in [0.25, 0.3) is 0 Å². The zero-order valence-corrected chi connectivity index (χ0v) is 17.3. The molecule has 0 aliphatic carbocycles. The summed E-state index contributed by atoms with van der Waals surface area (Å²) in [6.07, 6.45) is -9.18. The fourth-order valence-corrected chi connectivity index (χ4v) is 4.29. The van der Waals surface area contributed by atoms with Crippen LogP contribution < -0.4 is 0 Å². The molecule has 0 radical (unpaired) electrons. The van der Waals surface area contributed by atoms with Crippen molar-refractivity contribution < 1.29 is 26.3 Å². The van der Waals surface area contributed by atoms with Crippen LogP contribution in [0, 0.1) is 55.4 Å². The summed E-state index contributed by atoms with van der Waals surface area (Å²) in [6.45, 7) is 12.0. The number of hydrogen-bond acceptors (Lipinski definition) is 0. The molecule has 2 aromatic rings. The van der Waals surface area contributed by atoms with E-state index in [9.17, 15) is 26.3 Å². The molecule has 0 bridgehead atoms. The SMILES string of the molecule is Cc1c(C)c(-c2c(C)c(C)c(C)c(C(F)(F)F)c2C)c(C)c(C(F)(F)F)c1C. The third kappa shape index (κ3) is 3.31. The number of hydrogen-bond donors (Lipinski definition) is 0. The van der Waals surface area contributed by atoms with Crippen molar-refractivity contribution in [1.82, 2.24) is 0 Å². The van der Waals surface area contributed by atoms with Crippen molar-refractivity contribution in [2.45, 2.75) is 67.7 Å². The van der Waals surface area contributed by atoms with Crippen LogP contribution in [-0.4, -0.2) is 0 Å². The molecule has 0 unspecified atom stereocenters. The first kappa shape index (κ1) is 22.3. The van der Waals surface area contributed by atoms with Crippen molar-refractivity contribution in [3.05, 3.63) is 55.6 Å². The van der Waals surface area contributed by atoms with Gasteiger partial charge in [-0.3, -0.25) is 0 Å². The van der Waals surface area contributed by atoms with E-state index in [1.165, 1.54) is 27.7 Å². The molecule has 0 saturated carbocycles. The van der Waals surface area contributed by atoms with E-state index in [-0.39, 0.29) is 33.4 Å². The van der Waals surface area contributed by atoms with Gasteiger partial charge in [0.15, 0.2) is 0 Å². The third-order valence-corrected chi connectivity index (χ3v) is 6.07. The highest BCUT2D eigenvalue weighted by atomic mass is 19.4. The first-order valence-electron chi connectivity index (χ1n) is 8.88. The van der Waals surface area contributed by atoms with Gasteiger partial charge < -0.3 is 0 Å². The Morgan fingerprint density at radius 1 is 0.357 bits per heavy atom. The predicted octanol–water partition coefficient (Wildman–Crippen LogP) is 7.86. The number of benzene rings is 2. The first-order valence-corrected chi connectivity index (χ1v) is 8.88. The second kappa shape index (κ2) is 6.82. The van der Waals surface area contributed by atoms with Gasteiger partial charge in [-0.1, -0.05) is 0 Å². The van der Waals surface area contributed by atoms with Crippen LogP contribution in [0.15, 0.2) is 0 Å². The molecule has 28 heavy (non-hydrogen) atoms. The summed E-state index contributed by atoms with van der Waals surface area (Å²) in [6, 6.07) is 0. The van der Waals surface area contributed by atoms with Crippen LogP contribution in [0.1, 0.15) is 55.6 Å². The Bertz CT molecular complexity index is 880. The minimum absolute atomic E-state index is 0.0318. The predicted molar refractivity (Wildman–Crippen MR) is 99.8 cm³/mol. The molecular weight excluding hydrogens is 378 g/mol. The first-order chi connectivity index (χ1) is 12.5. The van der Waals surface area contributed by atoms with Crippen molar-refractivity contribution in [3.8, 4) is 11.1 Å². The molecule has 0 N–H and O–H groups in total. The van der Waals surface area contributed by atoms with Crippen LogP contribution >= 0.6 is 0 Å². The Morgan fingerprint density at radius 3 is 0.821 bits per heavy atom. The molecule has 0 saturated heterocycles. The van der Waals surface area contributed by atoms with E-state index < -0.39 is 23.5 Å². The van der Waals surface area contributed by atoms with Gasteiger partial charge in [-0.15, -0.1) is 0 Å². The van der Waals surface area contributed by atoms with E-state index >= 15 is 0 Å². The van der Waals surface area contributed by atoms with Crippen LogP contribution in [-0.2, 0) is 12.4 Å². The number of alkyl halides is 6. The van der Waals surface area contributed by atoms with Crippen LogP contribution in [0.3, 0.4) is 0 Å². The monoisotopic (exact) mass is 402 g/mol. The lowest BCUT2D eigenvalue weighted by atomic mass is 9.79. The Labute approximate surface area is 161 Å². The molecule has 154 valence electrons. The van der Waals surface area contributed by atoms with Crippen LogP contribution in [0.4, 0.5) is 26.3 Å². The second-order valence-corrected chi connectivity index (χ2v) is 7.50. The summed E-state index contributed by atoms with van der Waals surface area (Å²) in [5.41, 5.74) is 1.16. The molecule has 0 aliphatic rings. The highest BCUT2D eigenvalue weighted by Gasteiger charge is 2.39. The molecule has 0 atom stereocenters. The Balaban J connectivity index is 3.15. The number of halogens is 6. The highest BCUT2D eigenvalue weighted by molar-refractivity contribution is 5.82. The maximum absolute atomic E-state index is 13.8. The maximum atomic E-state index is 13.8. The van der Waals surface area contributed by atoms with Crippen molar-refractivity contribution in [2.24, 2.45) is 0 Å². The van der Waals surface area contributed by atoms with Gasteiger partial charge in [0.1, 0.15) is 0 Å². The topological polar surface area (TPSA) is 0 Å². The van der Waals surface area contributed by atoms with Crippen LogP contribution in [0.25, 0.3) is 11.1 Å².